The van der Waals surface area contributed by atoms with Gasteiger partial charge in [0.2, 0.25) is 0 Å². The van der Waals surface area contributed by atoms with Crippen LogP contribution in [0.4, 0.5) is 5.69 Å². The van der Waals surface area contributed by atoms with Crippen molar-refractivity contribution in [3.63, 3.8) is 0 Å². The van der Waals surface area contributed by atoms with Crippen LogP contribution in [-0.4, -0.2) is 28.6 Å². The molecule has 0 spiro atoms. The van der Waals surface area contributed by atoms with E-state index >= 15 is 0 Å². The number of benzene rings is 2. The number of ether oxygens (including phenoxy) is 1. The zero-order chi connectivity index (χ0) is 17.7. The highest BCUT2D eigenvalue weighted by atomic mass is 16.6. The van der Waals surface area contributed by atoms with E-state index in [4.69, 9.17) is 4.74 Å². The van der Waals surface area contributed by atoms with Gasteiger partial charge in [0.25, 0.3) is 5.69 Å². The molecule has 0 heterocycles. The summed E-state index contributed by atoms with van der Waals surface area (Å²) in [6.07, 6.45) is 0. The highest BCUT2D eigenvalue weighted by molar-refractivity contribution is 6.05. The van der Waals surface area contributed by atoms with Crippen molar-refractivity contribution in [2.45, 2.75) is 12.8 Å². The van der Waals surface area contributed by atoms with E-state index in [-0.39, 0.29) is 18.1 Å². The molecule has 1 atom stereocenters. The van der Waals surface area contributed by atoms with Crippen molar-refractivity contribution in [1.29, 1.82) is 0 Å². The molecule has 2 rings (SSSR count). The number of carbonyl (C=O) groups is 2. The average Bonchev–Trinajstić information content (AvgIpc) is 2.59. The molecule has 0 aromatic heterocycles. The van der Waals surface area contributed by atoms with Gasteiger partial charge < -0.3 is 9.84 Å². The second-order valence-corrected chi connectivity index (χ2v) is 5.17. The minimum Gasteiger partial charge on any atom is -0.477 e. The number of aromatic carboxylic acids is 1. The first-order valence-corrected chi connectivity index (χ1v) is 7.14. The second kappa shape index (κ2) is 7.36. The van der Waals surface area contributed by atoms with E-state index in [2.05, 4.69) is 0 Å². The molecular weight excluding hydrogens is 314 g/mol. The number of esters is 1. The zero-order valence-electron chi connectivity index (χ0n) is 12.8. The van der Waals surface area contributed by atoms with Crippen LogP contribution in [0.15, 0.2) is 48.5 Å². The summed E-state index contributed by atoms with van der Waals surface area (Å²) < 4.78 is 5.14. The lowest BCUT2D eigenvalue weighted by Crippen LogP contribution is -2.16. The summed E-state index contributed by atoms with van der Waals surface area (Å²) in [5.74, 6) is -2.55. The molecule has 24 heavy (non-hydrogen) atoms. The minimum absolute atomic E-state index is 0.0323. The highest BCUT2D eigenvalue weighted by Crippen LogP contribution is 2.24. The fourth-order valence-corrected chi connectivity index (χ4v) is 2.24. The van der Waals surface area contributed by atoms with E-state index < -0.39 is 28.1 Å². The Bertz CT molecular complexity index is 772. The van der Waals surface area contributed by atoms with E-state index in [1.54, 1.807) is 0 Å². The van der Waals surface area contributed by atoms with Gasteiger partial charge in [0, 0.05) is 12.0 Å². The molecule has 124 valence electrons. The number of rotatable bonds is 6. The summed E-state index contributed by atoms with van der Waals surface area (Å²) in [4.78, 5) is 33.6. The van der Waals surface area contributed by atoms with Crippen LogP contribution in [0, 0.1) is 10.1 Å². The van der Waals surface area contributed by atoms with Gasteiger partial charge in [-0.2, -0.15) is 0 Å². The molecule has 2 aromatic carbocycles. The monoisotopic (exact) mass is 329 g/mol. The molecule has 7 heteroatoms. The van der Waals surface area contributed by atoms with Crippen molar-refractivity contribution in [2.24, 2.45) is 0 Å². The van der Waals surface area contributed by atoms with E-state index in [0.717, 1.165) is 11.6 Å². The van der Waals surface area contributed by atoms with Crippen LogP contribution in [-0.2, 0) is 4.74 Å². The summed E-state index contributed by atoms with van der Waals surface area (Å²) >= 11 is 0. The number of nitro groups is 1. The van der Waals surface area contributed by atoms with Crippen LogP contribution in [0.2, 0.25) is 0 Å². The average molecular weight is 329 g/mol. The van der Waals surface area contributed by atoms with E-state index in [1.807, 2.05) is 37.3 Å². The molecule has 0 unspecified atom stereocenters. The number of carboxylic acid groups (broad SMARTS) is 1. The number of hydrogen-bond acceptors (Lipinski definition) is 5. The standard InChI is InChI=1S/C17H15NO6/c1-11(12-6-3-2-4-7-12)10-24-17(21)13-8-5-9-14(18(22)23)15(13)16(19)20/h2-9,11H,10H2,1H3,(H,19,20)/t11-/m1/s1. The van der Waals surface area contributed by atoms with Crippen molar-refractivity contribution in [2.75, 3.05) is 6.61 Å². The van der Waals surface area contributed by atoms with E-state index in [9.17, 15) is 24.8 Å². The molecule has 0 saturated heterocycles. The number of nitrogens with zero attached hydrogens (tertiary/aromatic N) is 1. The van der Waals surface area contributed by atoms with Gasteiger partial charge in [0.15, 0.2) is 5.56 Å². The normalized spacial score (nSPS) is 11.5. The van der Waals surface area contributed by atoms with Crippen LogP contribution < -0.4 is 0 Å². The Hall–Kier alpha value is -3.22. The number of nitro benzene ring substituents is 1. The fraction of sp³-hybridized carbons (Fsp3) is 0.176. The molecule has 2 aromatic rings. The molecule has 0 bridgehead atoms. The van der Waals surface area contributed by atoms with Crippen molar-refractivity contribution in [1.82, 2.24) is 0 Å². The maximum atomic E-state index is 12.2. The van der Waals surface area contributed by atoms with Crippen molar-refractivity contribution in [3.8, 4) is 0 Å². The van der Waals surface area contributed by atoms with Crippen molar-refractivity contribution < 1.29 is 24.4 Å². The van der Waals surface area contributed by atoms with Gasteiger partial charge in [-0.1, -0.05) is 43.3 Å². The Morgan fingerprint density at radius 1 is 1.17 bits per heavy atom. The summed E-state index contributed by atoms with van der Waals surface area (Å²) in [7, 11) is 0. The molecule has 1 N–H and O–H groups in total. The first kappa shape index (κ1) is 17.1. The molecule has 0 aliphatic rings. The molecule has 0 aliphatic carbocycles. The van der Waals surface area contributed by atoms with Crippen LogP contribution in [0.5, 0.6) is 0 Å². The number of carboxylic acids is 1. The summed E-state index contributed by atoms with van der Waals surface area (Å²) in [5.41, 5.74) is -0.687. The maximum absolute atomic E-state index is 12.2. The van der Waals surface area contributed by atoms with Gasteiger partial charge in [-0.15, -0.1) is 0 Å². The lowest BCUT2D eigenvalue weighted by molar-refractivity contribution is -0.385. The van der Waals surface area contributed by atoms with Gasteiger partial charge in [-0.05, 0) is 11.6 Å². The third-order valence-corrected chi connectivity index (χ3v) is 3.51. The van der Waals surface area contributed by atoms with Crippen LogP contribution in [0.1, 0.15) is 39.1 Å². The topological polar surface area (TPSA) is 107 Å². The van der Waals surface area contributed by atoms with Crippen LogP contribution in [0.25, 0.3) is 0 Å². The molecular formula is C17H15NO6. The smallest absolute Gasteiger partial charge is 0.343 e. The van der Waals surface area contributed by atoms with Crippen molar-refractivity contribution >= 4 is 17.6 Å². The lowest BCUT2D eigenvalue weighted by atomic mass is 10.0. The summed E-state index contributed by atoms with van der Waals surface area (Å²) in [5, 5.41) is 20.1. The lowest BCUT2D eigenvalue weighted by Gasteiger charge is -2.13. The first-order chi connectivity index (χ1) is 11.4. The Kier molecular flexibility index (Phi) is 5.26. The summed E-state index contributed by atoms with van der Waals surface area (Å²) in [6, 6.07) is 12.8. The summed E-state index contributed by atoms with van der Waals surface area (Å²) in [6.45, 7) is 1.89. The SMILES string of the molecule is C[C@H](COC(=O)c1cccc([N+](=O)[O-])c1C(=O)O)c1ccccc1. The predicted octanol–water partition coefficient (Wildman–Crippen LogP) is 3.25. The third-order valence-electron chi connectivity index (χ3n) is 3.51. The first-order valence-electron chi connectivity index (χ1n) is 7.14. The van der Waals surface area contributed by atoms with Gasteiger partial charge >= 0.3 is 11.9 Å². The zero-order valence-corrected chi connectivity index (χ0v) is 12.8. The quantitative estimate of drug-likeness (QED) is 0.495. The molecule has 0 aliphatic heterocycles. The van der Waals surface area contributed by atoms with Gasteiger partial charge in [-0.25, -0.2) is 9.59 Å². The Labute approximate surface area is 137 Å². The Morgan fingerprint density at radius 2 is 1.83 bits per heavy atom. The van der Waals surface area contributed by atoms with Crippen LogP contribution >= 0.6 is 0 Å². The number of carbonyl (C=O) groups excluding carboxylic acids is 1. The molecule has 0 fully saturated rings. The van der Waals surface area contributed by atoms with Crippen LogP contribution in [0.3, 0.4) is 0 Å². The minimum atomic E-state index is -1.55. The van der Waals surface area contributed by atoms with Gasteiger partial charge in [0.1, 0.15) is 0 Å². The predicted molar refractivity (Wildman–Crippen MR) is 85.2 cm³/mol. The molecule has 0 amide bonds. The molecule has 0 saturated carbocycles. The van der Waals surface area contributed by atoms with Gasteiger partial charge in [-0.3, -0.25) is 10.1 Å². The van der Waals surface area contributed by atoms with Gasteiger partial charge in [0.05, 0.1) is 17.1 Å². The second-order valence-electron chi connectivity index (χ2n) is 5.17. The number of hydrogen-bond donors (Lipinski definition) is 1. The third kappa shape index (κ3) is 3.75. The van der Waals surface area contributed by atoms with Crippen molar-refractivity contribution in [3.05, 3.63) is 75.3 Å². The largest absolute Gasteiger partial charge is 0.477 e. The Morgan fingerprint density at radius 3 is 2.42 bits per heavy atom. The highest BCUT2D eigenvalue weighted by Gasteiger charge is 2.27. The Balaban J connectivity index is 2.20. The van der Waals surface area contributed by atoms with E-state index in [0.29, 0.717) is 0 Å². The van der Waals surface area contributed by atoms with E-state index in [1.165, 1.54) is 12.1 Å². The molecule has 0 radical (unpaired) electrons. The fourth-order valence-electron chi connectivity index (χ4n) is 2.24. The maximum Gasteiger partial charge on any atom is 0.343 e. The molecule has 7 nitrogen and oxygen atoms in total.